The van der Waals surface area contributed by atoms with Gasteiger partial charge in [-0.05, 0) is 61.1 Å². The number of carbonyl (C=O) groups excluding carboxylic acids is 2. The fourth-order valence-electron chi connectivity index (χ4n) is 3.53. The van der Waals surface area contributed by atoms with Crippen LogP contribution in [0.1, 0.15) is 41.7 Å². The Bertz CT molecular complexity index is 1150. The molecule has 0 spiro atoms. The monoisotopic (exact) mass is 486 g/mol. The quantitative estimate of drug-likeness (QED) is 0.239. The molecule has 0 fully saturated rings. The molecule has 3 aromatic rings. The molecule has 1 unspecified atom stereocenters. The van der Waals surface area contributed by atoms with Crippen molar-refractivity contribution in [1.29, 1.82) is 0 Å². The third kappa shape index (κ3) is 8.73. The molecule has 0 bridgehead atoms. The Kier molecular flexibility index (Phi) is 9.87. The van der Waals surface area contributed by atoms with Crippen LogP contribution in [0.3, 0.4) is 0 Å². The van der Waals surface area contributed by atoms with E-state index in [1.807, 2.05) is 55.5 Å². The van der Waals surface area contributed by atoms with Gasteiger partial charge in [0, 0.05) is 5.57 Å². The zero-order chi connectivity index (χ0) is 25.9. The van der Waals surface area contributed by atoms with Crippen LogP contribution in [0.25, 0.3) is 0 Å². The molecule has 3 aromatic carbocycles. The second-order valence-electron chi connectivity index (χ2n) is 8.95. The van der Waals surface area contributed by atoms with Crippen LogP contribution in [0.15, 0.2) is 84.9 Å². The molecule has 0 radical (unpaired) electrons. The van der Waals surface area contributed by atoms with E-state index in [0.717, 1.165) is 24.0 Å². The first-order chi connectivity index (χ1) is 17.3. The molecular weight excluding hydrogens is 452 g/mol. The summed E-state index contributed by atoms with van der Waals surface area (Å²) in [6.45, 7) is 9.23. The number of carbonyl (C=O) groups is 2. The van der Waals surface area contributed by atoms with Crippen molar-refractivity contribution < 1.29 is 23.8 Å². The molecule has 5 heteroatoms. The number of rotatable bonds is 12. The highest BCUT2D eigenvalue weighted by Crippen LogP contribution is 2.15. The highest BCUT2D eigenvalue weighted by Gasteiger charge is 2.19. The van der Waals surface area contributed by atoms with Crippen LogP contribution in [0, 0.1) is 6.92 Å². The maximum atomic E-state index is 12.7. The minimum absolute atomic E-state index is 0.0635. The highest BCUT2D eigenvalue weighted by atomic mass is 16.6. The van der Waals surface area contributed by atoms with Gasteiger partial charge in [-0.15, -0.1) is 0 Å². The molecular formula is C31H34O5. The molecule has 0 aliphatic heterocycles. The lowest BCUT2D eigenvalue weighted by molar-refractivity contribution is -0.158. The summed E-state index contributed by atoms with van der Waals surface area (Å²) >= 11 is 0. The smallest absolute Gasteiger partial charge is 0.333 e. The zero-order valence-electron chi connectivity index (χ0n) is 21.3. The Labute approximate surface area is 213 Å². The summed E-state index contributed by atoms with van der Waals surface area (Å²) in [6.07, 6.45) is 1.23. The molecule has 0 aliphatic rings. The Hall–Kier alpha value is -3.86. The number of ether oxygens (including phenoxy) is 3. The summed E-state index contributed by atoms with van der Waals surface area (Å²) in [4.78, 5) is 24.5. The predicted octanol–water partition coefficient (Wildman–Crippen LogP) is 5.80. The van der Waals surface area contributed by atoms with Gasteiger partial charge in [-0.2, -0.15) is 0 Å². The van der Waals surface area contributed by atoms with Gasteiger partial charge >= 0.3 is 11.9 Å². The van der Waals surface area contributed by atoms with Crippen LogP contribution in [0.5, 0.6) is 5.75 Å². The van der Waals surface area contributed by atoms with Crippen molar-refractivity contribution >= 4 is 11.9 Å². The molecule has 0 amide bonds. The molecule has 0 aliphatic carbocycles. The highest BCUT2D eigenvalue weighted by molar-refractivity contribution is 5.86. The number of aryl methyl sites for hydroxylation is 2. The second kappa shape index (κ2) is 13.3. The maximum Gasteiger partial charge on any atom is 0.333 e. The minimum atomic E-state index is -0.743. The molecule has 0 heterocycles. The van der Waals surface area contributed by atoms with E-state index in [2.05, 4.69) is 37.8 Å². The van der Waals surface area contributed by atoms with Gasteiger partial charge in [-0.3, -0.25) is 4.79 Å². The van der Waals surface area contributed by atoms with Gasteiger partial charge in [-0.25, -0.2) is 4.79 Å². The van der Waals surface area contributed by atoms with Crippen molar-refractivity contribution in [2.24, 2.45) is 0 Å². The lowest BCUT2D eigenvalue weighted by Gasteiger charge is -2.19. The molecule has 188 valence electrons. The van der Waals surface area contributed by atoms with E-state index < -0.39 is 18.0 Å². The fourth-order valence-corrected chi connectivity index (χ4v) is 3.53. The van der Waals surface area contributed by atoms with Gasteiger partial charge in [0.25, 0.3) is 0 Å². The minimum Gasteiger partial charge on any atom is -0.490 e. The summed E-state index contributed by atoms with van der Waals surface area (Å²) < 4.78 is 16.6. The van der Waals surface area contributed by atoms with Crippen molar-refractivity contribution in [1.82, 2.24) is 0 Å². The Morgan fingerprint density at radius 1 is 0.806 bits per heavy atom. The van der Waals surface area contributed by atoms with Gasteiger partial charge in [0.1, 0.15) is 19.0 Å². The Balaban J connectivity index is 1.56. The standard InChI is InChI=1S/C31H34O5/c1-5-24-8-10-25(11-9-24)18-26-12-14-27(15-13-26)19-30(32)36-29(21-35-31(33)22(2)3)20-34-28-16-6-23(4)7-17-28/h6-17,29H,2,5,18-21H2,1,3-4H3. The molecule has 0 saturated heterocycles. The zero-order valence-corrected chi connectivity index (χ0v) is 21.3. The summed E-state index contributed by atoms with van der Waals surface area (Å²) in [5.41, 5.74) is 5.99. The van der Waals surface area contributed by atoms with Gasteiger partial charge in [0.15, 0.2) is 6.10 Å². The SMILES string of the molecule is C=C(C)C(=O)OCC(COc1ccc(C)cc1)OC(=O)Cc1ccc(Cc2ccc(CC)cc2)cc1. The van der Waals surface area contributed by atoms with E-state index in [1.54, 1.807) is 6.92 Å². The van der Waals surface area contributed by atoms with Crippen molar-refractivity contribution in [3.05, 3.63) is 113 Å². The number of benzene rings is 3. The van der Waals surface area contributed by atoms with Crippen LogP contribution < -0.4 is 4.74 Å². The Morgan fingerprint density at radius 3 is 1.92 bits per heavy atom. The summed E-state index contributed by atoms with van der Waals surface area (Å²) in [5, 5.41) is 0. The molecule has 0 N–H and O–H groups in total. The average Bonchev–Trinajstić information content (AvgIpc) is 2.88. The number of hydrogen-bond donors (Lipinski definition) is 0. The van der Waals surface area contributed by atoms with Crippen LogP contribution >= 0.6 is 0 Å². The van der Waals surface area contributed by atoms with Crippen LogP contribution in [-0.4, -0.2) is 31.3 Å². The second-order valence-corrected chi connectivity index (χ2v) is 8.95. The summed E-state index contributed by atoms with van der Waals surface area (Å²) in [5.74, 6) is -0.305. The van der Waals surface area contributed by atoms with E-state index in [-0.39, 0.29) is 25.2 Å². The van der Waals surface area contributed by atoms with E-state index in [0.29, 0.717) is 5.75 Å². The van der Waals surface area contributed by atoms with E-state index >= 15 is 0 Å². The average molecular weight is 487 g/mol. The van der Waals surface area contributed by atoms with Crippen LogP contribution in [0.2, 0.25) is 0 Å². The van der Waals surface area contributed by atoms with Crippen LogP contribution in [0.4, 0.5) is 0 Å². The van der Waals surface area contributed by atoms with Crippen molar-refractivity contribution in [3.63, 3.8) is 0 Å². The first-order valence-corrected chi connectivity index (χ1v) is 12.2. The van der Waals surface area contributed by atoms with Gasteiger partial charge in [0.05, 0.1) is 6.42 Å². The molecule has 0 aromatic heterocycles. The van der Waals surface area contributed by atoms with E-state index in [1.165, 1.54) is 16.7 Å². The topological polar surface area (TPSA) is 61.8 Å². The third-order valence-corrected chi connectivity index (χ3v) is 5.71. The van der Waals surface area contributed by atoms with Gasteiger partial charge in [0.2, 0.25) is 0 Å². The van der Waals surface area contributed by atoms with Gasteiger partial charge in [-0.1, -0.05) is 79.7 Å². The molecule has 36 heavy (non-hydrogen) atoms. The Morgan fingerprint density at radius 2 is 1.36 bits per heavy atom. The lowest BCUT2D eigenvalue weighted by atomic mass is 10.0. The summed E-state index contributed by atoms with van der Waals surface area (Å²) in [6, 6.07) is 24.1. The molecule has 5 nitrogen and oxygen atoms in total. The number of hydrogen-bond acceptors (Lipinski definition) is 5. The summed E-state index contributed by atoms with van der Waals surface area (Å²) in [7, 11) is 0. The predicted molar refractivity (Wildman–Crippen MR) is 141 cm³/mol. The first kappa shape index (κ1) is 26.7. The van der Waals surface area contributed by atoms with Gasteiger partial charge < -0.3 is 14.2 Å². The first-order valence-electron chi connectivity index (χ1n) is 12.2. The molecule has 0 saturated carbocycles. The van der Waals surface area contributed by atoms with E-state index in [9.17, 15) is 9.59 Å². The molecule has 1 atom stereocenters. The third-order valence-electron chi connectivity index (χ3n) is 5.71. The molecule has 3 rings (SSSR count). The maximum absolute atomic E-state index is 12.7. The fraction of sp³-hybridized carbons (Fsp3) is 0.290. The van der Waals surface area contributed by atoms with Crippen molar-refractivity contribution in [3.8, 4) is 5.75 Å². The largest absolute Gasteiger partial charge is 0.490 e. The van der Waals surface area contributed by atoms with E-state index in [4.69, 9.17) is 14.2 Å². The van der Waals surface area contributed by atoms with Crippen LogP contribution in [-0.2, 0) is 38.3 Å². The normalized spacial score (nSPS) is 11.4. The van der Waals surface area contributed by atoms with Crippen molar-refractivity contribution in [2.75, 3.05) is 13.2 Å². The van der Waals surface area contributed by atoms with Crippen molar-refractivity contribution in [2.45, 2.75) is 46.1 Å². The lowest BCUT2D eigenvalue weighted by Crippen LogP contribution is -2.31. The number of esters is 2.